The number of rotatable bonds is 4. The zero-order valence-electron chi connectivity index (χ0n) is 12.2. The van der Waals surface area contributed by atoms with E-state index in [0.717, 1.165) is 16.3 Å². The van der Waals surface area contributed by atoms with Crippen LogP contribution in [0.25, 0.3) is 16.8 Å². The van der Waals surface area contributed by atoms with Gasteiger partial charge in [0.15, 0.2) is 5.78 Å². The molecule has 4 heteroatoms. The van der Waals surface area contributed by atoms with Crippen molar-refractivity contribution in [3.05, 3.63) is 94.0 Å². The number of carbonyl (C=O) groups excluding carboxylic acids is 1. The third-order valence-electron chi connectivity index (χ3n) is 3.60. The Labute approximate surface area is 132 Å². The summed E-state index contributed by atoms with van der Waals surface area (Å²) in [5.74, 6) is -0.384. The summed E-state index contributed by atoms with van der Waals surface area (Å²) in [5.41, 5.74) is 0.809. The first kappa shape index (κ1) is 14.7. The molecular formula is C19H13NO3. The van der Waals surface area contributed by atoms with Crippen molar-refractivity contribution in [1.29, 1.82) is 0 Å². The molecule has 0 saturated heterocycles. The largest absolute Gasteiger partial charge is 0.289 e. The van der Waals surface area contributed by atoms with Gasteiger partial charge < -0.3 is 0 Å². The number of nitro benzene ring substituents is 1. The van der Waals surface area contributed by atoms with E-state index in [1.165, 1.54) is 18.2 Å². The van der Waals surface area contributed by atoms with Gasteiger partial charge in [-0.25, -0.2) is 0 Å². The Balaban J connectivity index is 1.97. The molecule has 0 unspecified atom stereocenters. The average Bonchev–Trinajstić information content (AvgIpc) is 2.59. The van der Waals surface area contributed by atoms with E-state index in [1.54, 1.807) is 18.2 Å². The predicted octanol–water partition coefficient (Wildman–Crippen LogP) is 4.64. The fraction of sp³-hybridized carbons (Fsp3) is 0. The fourth-order valence-corrected chi connectivity index (χ4v) is 2.49. The molecule has 0 aliphatic rings. The summed E-state index contributed by atoms with van der Waals surface area (Å²) in [5, 5.41) is 13.1. The zero-order valence-corrected chi connectivity index (χ0v) is 12.2. The van der Waals surface area contributed by atoms with Gasteiger partial charge in [0.05, 0.1) is 10.5 Å². The molecule has 0 amide bonds. The van der Waals surface area contributed by atoms with Crippen molar-refractivity contribution in [1.82, 2.24) is 0 Å². The minimum atomic E-state index is -0.543. The zero-order chi connectivity index (χ0) is 16.2. The Morgan fingerprint density at radius 1 is 0.913 bits per heavy atom. The van der Waals surface area contributed by atoms with E-state index < -0.39 is 4.92 Å². The normalized spacial score (nSPS) is 11.0. The first-order valence-corrected chi connectivity index (χ1v) is 7.10. The molecule has 0 saturated carbocycles. The molecule has 3 rings (SSSR count). The molecule has 0 spiro atoms. The molecule has 23 heavy (non-hydrogen) atoms. The van der Waals surface area contributed by atoms with Gasteiger partial charge in [0.2, 0.25) is 0 Å². The lowest BCUT2D eigenvalue weighted by Gasteiger charge is -2.02. The number of hydrogen-bond acceptors (Lipinski definition) is 3. The SMILES string of the molecule is O=C(/C=C\c1cccc2ccccc12)c1ccccc1[N+](=O)[O-]. The van der Waals surface area contributed by atoms with Gasteiger partial charge in [0, 0.05) is 6.07 Å². The first-order valence-electron chi connectivity index (χ1n) is 7.10. The molecule has 3 aromatic carbocycles. The maximum Gasteiger partial charge on any atom is 0.280 e. The van der Waals surface area contributed by atoms with Crippen molar-refractivity contribution < 1.29 is 9.72 Å². The van der Waals surface area contributed by atoms with Crippen LogP contribution in [0.1, 0.15) is 15.9 Å². The maximum atomic E-state index is 12.3. The smallest absolute Gasteiger partial charge is 0.280 e. The lowest BCUT2D eigenvalue weighted by Crippen LogP contribution is -2.00. The number of para-hydroxylation sites is 1. The third-order valence-corrected chi connectivity index (χ3v) is 3.60. The van der Waals surface area contributed by atoms with Gasteiger partial charge >= 0.3 is 0 Å². The van der Waals surface area contributed by atoms with Crippen molar-refractivity contribution in [2.24, 2.45) is 0 Å². The monoisotopic (exact) mass is 303 g/mol. The summed E-state index contributed by atoms with van der Waals surface area (Å²) < 4.78 is 0. The lowest BCUT2D eigenvalue weighted by atomic mass is 10.0. The van der Waals surface area contributed by atoms with E-state index in [0.29, 0.717) is 0 Å². The third kappa shape index (κ3) is 3.01. The van der Waals surface area contributed by atoms with Crippen LogP contribution < -0.4 is 0 Å². The van der Waals surface area contributed by atoms with E-state index in [1.807, 2.05) is 42.5 Å². The summed E-state index contributed by atoms with van der Waals surface area (Å²) in [7, 11) is 0. The van der Waals surface area contributed by atoms with Crippen LogP contribution in [0, 0.1) is 10.1 Å². The molecule has 0 aromatic heterocycles. The Morgan fingerprint density at radius 3 is 2.43 bits per heavy atom. The quantitative estimate of drug-likeness (QED) is 0.305. The minimum absolute atomic E-state index is 0.0917. The number of carbonyl (C=O) groups is 1. The second-order valence-electron chi connectivity index (χ2n) is 5.04. The molecule has 0 N–H and O–H groups in total. The van der Waals surface area contributed by atoms with Crippen LogP contribution in [-0.2, 0) is 0 Å². The molecule has 0 fully saturated rings. The molecule has 0 radical (unpaired) electrons. The van der Waals surface area contributed by atoms with Crippen LogP contribution in [-0.4, -0.2) is 10.7 Å². The average molecular weight is 303 g/mol. The molecule has 112 valence electrons. The number of allylic oxidation sites excluding steroid dienone is 1. The highest BCUT2D eigenvalue weighted by Gasteiger charge is 2.16. The van der Waals surface area contributed by atoms with Gasteiger partial charge in [0.25, 0.3) is 5.69 Å². The van der Waals surface area contributed by atoms with Gasteiger partial charge in [-0.3, -0.25) is 14.9 Å². The molecule has 0 heterocycles. The summed E-state index contributed by atoms with van der Waals surface area (Å²) >= 11 is 0. The number of ketones is 1. The van der Waals surface area contributed by atoms with Gasteiger partial charge in [-0.05, 0) is 28.5 Å². The van der Waals surface area contributed by atoms with Gasteiger partial charge in [-0.1, -0.05) is 60.7 Å². The molecule has 0 atom stereocenters. The van der Waals surface area contributed by atoms with E-state index >= 15 is 0 Å². The highest BCUT2D eigenvalue weighted by atomic mass is 16.6. The fourth-order valence-electron chi connectivity index (χ4n) is 2.49. The highest BCUT2D eigenvalue weighted by Crippen LogP contribution is 2.22. The summed E-state index contributed by atoms with van der Waals surface area (Å²) in [6.45, 7) is 0. The standard InChI is InChI=1S/C19H13NO3/c21-19(17-10-3-4-11-18(17)20(22)23)13-12-15-8-5-7-14-6-1-2-9-16(14)15/h1-13H/b13-12-. The maximum absolute atomic E-state index is 12.3. The number of benzene rings is 3. The van der Waals surface area contributed by atoms with E-state index in [9.17, 15) is 14.9 Å². The number of nitro groups is 1. The minimum Gasteiger partial charge on any atom is -0.289 e. The van der Waals surface area contributed by atoms with Gasteiger partial charge in [0.1, 0.15) is 0 Å². The topological polar surface area (TPSA) is 60.2 Å². The van der Waals surface area contributed by atoms with Crippen molar-refractivity contribution in [3.63, 3.8) is 0 Å². The summed E-state index contributed by atoms with van der Waals surface area (Å²) in [6.07, 6.45) is 3.07. The van der Waals surface area contributed by atoms with Crippen LogP contribution in [0.5, 0.6) is 0 Å². The summed E-state index contributed by atoms with van der Waals surface area (Å²) in [4.78, 5) is 22.7. The second-order valence-corrected chi connectivity index (χ2v) is 5.04. The van der Waals surface area contributed by atoms with Crippen LogP contribution in [0.4, 0.5) is 5.69 Å². The van der Waals surface area contributed by atoms with E-state index in [2.05, 4.69) is 0 Å². The molecule has 0 bridgehead atoms. The van der Waals surface area contributed by atoms with Crippen LogP contribution in [0.3, 0.4) is 0 Å². The Hall–Kier alpha value is -3.27. The summed E-state index contributed by atoms with van der Waals surface area (Å²) in [6, 6.07) is 19.6. The number of nitrogens with zero attached hydrogens (tertiary/aromatic N) is 1. The van der Waals surface area contributed by atoms with Gasteiger partial charge in [-0.15, -0.1) is 0 Å². The van der Waals surface area contributed by atoms with E-state index in [-0.39, 0.29) is 17.0 Å². The number of fused-ring (bicyclic) bond motifs is 1. The lowest BCUT2D eigenvalue weighted by molar-refractivity contribution is -0.385. The van der Waals surface area contributed by atoms with Crippen LogP contribution in [0.2, 0.25) is 0 Å². The highest BCUT2D eigenvalue weighted by molar-refractivity contribution is 6.10. The Bertz CT molecular complexity index is 923. The molecular weight excluding hydrogens is 290 g/mol. The molecule has 4 nitrogen and oxygen atoms in total. The van der Waals surface area contributed by atoms with Crippen molar-refractivity contribution in [2.75, 3.05) is 0 Å². The Morgan fingerprint density at radius 2 is 1.61 bits per heavy atom. The van der Waals surface area contributed by atoms with Crippen molar-refractivity contribution in [2.45, 2.75) is 0 Å². The van der Waals surface area contributed by atoms with Crippen molar-refractivity contribution in [3.8, 4) is 0 Å². The second kappa shape index (κ2) is 6.23. The predicted molar refractivity (Wildman–Crippen MR) is 90.4 cm³/mol. The molecule has 0 aliphatic carbocycles. The Kier molecular flexibility index (Phi) is 3.97. The number of hydrogen-bond donors (Lipinski definition) is 0. The molecule has 0 aliphatic heterocycles. The van der Waals surface area contributed by atoms with Crippen LogP contribution in [0.15, 0.2) is 72.8 Å². The van der Waals surface area contributed by atoms with Crippen molar-refractivity contribution >= 4 is 28.3 Å². The van der Waals surface area contributed by atoms with E-state index in [4.69, 9.17) is 0 Å². The van der Waals surface area contributed by atoms with Gasteiger partial charge in [-0.2, -0.15) is 0 Å². The molecule has 3 aromatic rings. The van der Waals surface area contributed by atoms with Crippen LogP contribution >= 0.6 is 0 Å². The first-order chi connectivity index (χ1) is 11.2.